The second-order valence-corrected chi connectivity index (χ2v) is 6.96. The van der Waals surface area contributed by atoms with Gasteiger partial charge in [0.2, 0.25) is 0 Å². The number of phenolic OH excluding ortho intramolecular Hbond substituents is 1. The highest BCUT2D eigenvalue weighted by Crippen LogP contribution is 2.28. The first kappa shape index (κ1) is 21.7. The molecule has 0 fully saturated rings. The number of rotatable bonds is 10. The van der Waals surface area contributed by atoms with Gasteiger partial charge in [-0.3, -0.25) is 9.59 Å². The van der Waals surface area contributed by atoms with Gasteiger partial charge in [0.05, 0.1) is 7.11 Å². The van der Waals surface area contributed by atoms with Crippen LogP contribution >= 0.6 is 0 Å². The van der Waals surface area contributed by atoms with Crippen LogP contribution in [0.1, 0.15) is 57.6 Å². The number of ether oxygens (including phenoxy) is 1. The van der Waals surface area contributed by atoms with Gasteiger partial charge in [0.25, 0.3) is 0 Å². The lowest BCUT2D eigenvalue weighted by atomic mass is 10.0. The van der Waals surface area contributed by atoms with Gasteiger partial charge in [0, 0.05) is 24.8 Å². The van der Waals surface area contributed by atoms with Crippen molar-refractivity contribution in [3.63, 3.8) is 0 Å². The van der Waals surface area contributed by atoms with E-state index in [-0.39, 0.29) is 17.3 Å². The summed E-state index contributed by atoms with van der Waals surface area (Å²) in [7, 11) is 1.59. The summed E-state index contributed by atoms with van der Waals surface area (Å²) in [5.74, 6) is 1.18. The van der Waals surface area contributed by atoms with Crippen LogP contribution in [0.25, 0.3) is 0 Å². The van der Waals surface area contributed by atoms with Crippen LogP contribution in [-0.2, 0) is 16.0 Å². The number of aryl methyl sites for hydroxylation is 1. The smallest absolute Gasteiger partial charge is 0.155 e. The zero-order valence-corrected chi connectivity index (χ0v) is 16.5. The fourth-order valence-electron chi connectivity index (χ4n) is 2.70. The highest BCUT2D eigenvalue weighted by Gasteiger charge is 2.08. The first-order chi connectivity index (χ1) is 12.2. The molecule has 0 radical (unpaired) electrons. The number of hydrogen-bond acceptors (Lipinski definition) is 4. The summed E-state index contributed by atoms with van der Waals surface area (Å²) in [5.41, 5.74) is 3.49. The quantitative estimate of drug-likeness (QED) is 0.479. The zero-order chi connectivity index (χ0) is 19.7. The van der Waals surface area contributed by atoms with Gasteiger partial charge in [-0.05, 0) is 64.3 Å². The predicted molar refractivity (Wildman–Crippen MR) is 105 cm³/mol. The van der Waals surface area contributed by atoms with Crippen molar-refractivity contribution in [2.75, 3.05) is 7.11 Å². The number of benzene rings is 1. The number of aromatic hydroxyl groups is 1. The number of hydrogen-bond donors (Lipinski definition) is 1. The summed E-state index contributed by atoms with van der Waals surface area (Å²) in [6, 6.07) is 3.60. The fraction of sp³-hybridized carbons (Fsp3) is 0.455. The van der Waals surface area contributed by atoms with E-state index in [0.717, 1.165) is 22.3 Å². The summed E-state index contributed by atoms with van der Waals surface area (Å²) in [5, 5.41) is 10.2. The highest BCUT2D eigenvalue weighted by atomic mass is 16.5. The van der Waals surface area contributed by atoms with Crippen molar-refractivity contribution >= 4 is 11.6 Å². The lowest BCUT2D eigenvalue weighted by Crippen LogP contribution is -2.01. The average Bonchev–Trinajstić information content (AvgIpc) is 2.55. The number of Topliss-reactive ketones (excluding diaryl/α,β-unsaturated/α-hetero) is 1. The molecule has 0 aliphatic rings. The topological polar surface area (TPSA) is 63.6 Å². The summed E-state index contributed by atoms with van der Waals surface area (Å²) < 4.78 is 5.23. The Morgan fingerprint density at radius 2 is 1.85 bits per heavy atom. The van der Waals surface area contributed by atoms with Gasteiger partial charge in [0.1, 0.15) is 17.3 Å². The van der Waals surface area contributed by atoms with Crippen LogP contribution in [-0.4, -0.2) is 23.8 Å². The molecular formula is C22H30O4. The van der Waals surface area contributed by atoms with E-state index in [2.05, 4.69) is 0 Å². The number of ketones is 2. The molecule has 4 nitrogen and oxygen atoms in total. The van der Waals surface area contributed by atoms with E-state index in [0.29, 0.717) is 37.9 Å². The summed E-state index contributed by atoms with van der Waals surface area (Å²) in [4.78, 5) is 23.6. The maximum absolute atomic E-state index is 12.1. The molecule has 1 rings (SSSR count). The molecule has 142 valence electrons. The Labute approximate surface area is 156 Å². The molecule has 0 heterocycles. The van der Waals surface area contributed by atoms with E-state index < -0.39 is 0 Å². The standard InChI is InChI=1S/C22H30O4/c1-15(2)11-19(23)7-6-8-20(24)12-16(3)9-10-18-14-21(26-5)13-17(4)22(18)25/h9,11,13-14,25H,6-8,10,12H2,1-5H3. The maximum atomic E-state index is 12.1. The molecule has 0 aliphatic heterocycles. The van der Waals surface area contributed by atoms with E-state index in [1.165, 1.54) is 0 Å². The molecule has 4 heteroatoms. The molecule has 0 unspecified atom stereocenters. The first-order valence-electron chi connectivity index (χ1n) is 8.94. The largest absolute Gasteiger partial charge is 0.507 e. The van der Waals surface area contributed by atoms with Crippen LogP contribution in [0.2, 0.25) is 0 Å². The molecule has 26 heavy (non-hydrogen) atoms. The molecule has 1 aromatic carbocycles. The van der Waals surface area contributed by atoms with Gasteiger partial charge in [-0.1, -0.05) is 17.2 Å². The van der Waals surface area contributed by atoms with E-state index in [1.54, 1.807) is 19.3 Å². The third-order valence-corrected chi connectivity index (χ3v) is 4.06. The fourth-order valence-corrected chi connectivity index (χ4v) is 2.70. The van der Waals surface area contributed by atoms with E-state index in [4.69, 9.17) is 4.74 Å². The lowest BCUT2D eigenvalue weighted by molar-refractivity contribution is -0.118. The van der Waals surface area contributed by atoms with Crippen molar-refractivity contribution in [2.24, 2.45) is 0 Å². The molecular weight excluding hydrogens is 328 g/mol. The van der Waals surface area contributed by atoms with E-state index in [1.807, 2.05) is 39.8 Å². The van der Waals surface area contributed by atoms with E-state index in [9.17, 15) is 14.7 Å². The number of allylic oxidation sites excluding steroid dienone is 4. The van der Waals surface area contributed by atoms with Gasteiger partial charge in [0.15, 0.2) is 5.78 Å². The van der Waals surface area contributed by atoms with Gasteiger partial charge in [-0.15, -0.1) is 0 Å². The molecule has 0 saturated carbocycles. The van der Waals surface area contributed by atoms with Crippen molar-refractivity contribution < 1.29 is 19.4 Å². The Morgan fingerprint density at radius 1 is 1.15 bits per heavy atom. The Hall–Kier alpha value is -2.36. The molecule has 0 atom stereocenters. The number of carbonyl (C=O) groups excluding carboxylic acids is 2. The van der Waals surface area contributed by atoms with Crippen molar-refractivity contribution in [1.82, 2.24) is 0 Å². The van der Waals surface area contributed by atoms with Crippen LogP contribution in [0.4, 0.5) is 0 Å². The maximum Gasteiger partial charge on any atom is 0.155 e. The van der Waals surface area contributed by atoms with Crippen LogP contribution < -0.4 is 4.74 Å². The molecule has 0 saturated heterocycles. The third-order valence-electron chi connectivity index (χ3n) is 4.06. The van der Waals surface area contributed by atoms with Crippen molar-refractivity contribution in [1.29, 1.82) is 0 Å². The molecule has 1 aromatic rings. The third kappa shape index (κ3) is 7.68. The first-order valence-corrected chi connectivity index (χ1v) is 8.94. The number of methoxy groups -OCH3 is 1. The summed E-state index contributed by atoms with van der Waals surface area (Å²) in [6.45, 7) is 7.52. The van der Waals surface area contributed by atoms with Crippen molar-refractivity contribution in [2.45, 2.75) is 59.8 Å². The van der Waals surface area contributed by atoms with Gasteiger partial charge in [-0.25, -0.2) is 0 Å². The van der Waals surface area contributed by atoms with Crippen LogP contribution in [0.3, 0.4) is 0 Å². The Balaban J connectivity index is 2.53. The molecule has 1 N–H and O–H groups in total. The average molecular weight is 358 g/mol. The Morgan fingerprint density at radius 3 is 2.46 bits per heavy atom. The predicted octanol–water partition coefficient (Wildman–Crippen LogP) is 4.86. The van der Waals surface area contributed by atoms with Crippen LogP contribution in [0.5, 0.6) is 11.5 Å². The lowest BCUT2D eigenvalue weighted by Gasteiger charge is -2.09. The summed E-state index contributed by atoms with van der Waals surface area (Å²) in [6.07, 6.45) is 5.92. The SMILES string of the molecule is COc1cc(C)c(O)c(CC=C(C)CC(=O)CCCC(=O)C=C(C)C)c1. The molecule has 0 aliphatic carbocycles. The van der Waals surface area contributed by atoms with Gasteiger partial charge in [-0.2, -0.15) is 0 Å². The minimum absolute atomic E-state index is 0.0777. The molecule has 0 spiro atoms. The Bertz CT molecular complexity index is 707. The second kappa shape index (κ2) is 10.6. The Kier molecular flexibility index (Phi) is 8.83. The number of carbonyl (C=O) groups is 2. The highest BCUT2D eigenvalue weighted by molar-refractivity contribution is 5.90. The zero-order valence-electron chi connectivity index (χ0n) is 16.5. The molecule has 0 aromatic heterocycles. The summed E-state index contributed by atoms with van der Waals surface area (Å²) >= 11 is 0. The van der Waals surface area contributed by atoms with E-state index >= 15 is 0 Å². The van der Waals surface area contributed by atoms with Crippen LogP contribution in [0, 0.1) is 6.92 Å². The minimum Gasteiger partial charge on any atom is -0.507 e. The number of phenols is 1. The normalized spacial score (nSPS) is 11.2. The molecule has 0 amide bonds. The van der Waals surface area contributed by atoms with Gasteiger partial charge < -0.3 is 9.84 Å². The van der Waals surface area contributed by atoms with Crippen LogP contribution in [0.15, 0.2) is 35.4 Å². The van der Waals surface area contributed by atoms with Crippen molar-refractivity contribution in [3.8, 4) is 11.5 Å². The van der Waals surface area contributed by atoms with Crippen molar-refractivity contribution in [3.05, 3.63) is 46.6 Å². The van der Waals surface area contributed by atoms with Gasteiger partial charge >= 0.3 is 0 Å². The monoisotopic (exact) mass is 358 g/mol. The second-order valence-electron chi connectivity index (χ2n) is 6.96. The molecule has 0 bridgehead atoms. The minimum atomic E-state index is 0.0777.